The highest BCUT2D eigenvalue weighted by atomic mass is 16.6. The van der Waals surface area contributed by atoms with Gasteiger partial charge < -0.3 is 9.47 Å². The van der Waals surface area contributed by atoms with Crippen molar-refractivity contribution in [2.45, 2.75) is 64.3 Å². The highest BCUT2D eigenvalue weighted by Crippen LogP contribution is 2.61. The van der Waals surface area contributed by atoms with Gasteiger partial charge in [0.15, 0.2) is 0 Å². The zero-order valence-electron chi connectivity index (χ0n) is 16.9. The first kappa shape index (κ1) is 20.2. The lowest BCUT2D eigenvalue weighted by molar-refractivity contribution is -0.150. The molecule has 28 heavy (non-hydrogen) atoms. The smallest absolute Gasteiger partial charge is 0.411 e. The van der Waals surface area contributed by atoms with Gasteiger partial charge in [0.1, 0.15) is 18.2 Å². The third-order valence-electron chi connectivity index (χ3n) is 5.17. The topological polar surface area (TPSA) is 55.8 Å². The number of carbonyl (C=O) groups is 2. The summed E-state index contributed by atoms with van der Waals surface area (Å²) in [7, 11) is 0. The first-order chi connectivity index (χ1) is 13.3. The Morgan fingerprint density at radius 3 is 2.61 bits per heavy atom. The van der Waals surface area contributed by atoms with E-state index in [1.807, 2.05) is 57.2 Å². The third-order valence-corrected chi connectivity index (χ3v) is 5.17. The second-order valence-corrected chi connectivity index (χ2v) is 8.58. The molecule has 1 aliphatic heterocycles. The Kier molecular flexibility index (Phi) is 5.64. The molecular weight excluding hydrogens is 354 g/mol. The van der Waals surface area contributed by atoms with Gasteiger partial charge in [0.05, 0.1) is 0 Å². The molecule has 1 amide bonds. The number of fused-ring (bicyclic) bond motifs is 1. The molecular formula is C23H29NO4. The Morgan fingerprint density at radius 1 is 1.25 bits per heavy atom. The van der Waals surface area contributed by atoms with Crippen molar-refractivity contribution in [2.75, 3.05) is 0 Å². The average Bonchev–Trinajstić information content (AvgIpc) is 3.23. The summed E-state index contributed by atoms with van der Waals surface area (Å²) in [5.74, 6) is -0.376. The van der Waals surface area contributed by atoms with Gasteiger partial charge in [0.25, 0.3) is 0 Å². The van der Waals surface area contributed by atoms with Gasteiger partial charge in [0.2, 0.25) is 0 Å². The Hall–Kier alpha value is -2.56. The molecule has 0 bridgehead atoms. The fourth-order valence-electron chi connectivity index (χ4n) is 3.81. The standard InChI is InChI=1S/C23H29NO4/c1-5-6-10-13-23-14-18(20(25)27-16-17-11-8-7-9-12-17)24(19(23)15-23)21(26)28-22(2,3)4/h5,7-13,18-19H,1,6,14-16H2,2-4H3/t18-,19+,23-/m0/s1. The van der Waals surface area contributed by atoms with Gasteiger partial charge in [-0.15, -0.1) is 6.58 Å². The molecule has 1 saturated carbocycles. The highest BCUT2D eigenvalue weighted by molar-refractivity contribution is 5.84. The molecule has 1 aliphatic carbocycles. The number of esters is 1. The predicted molar refractivity (Wildman–Crippen MR) is 108 cm³/mol. The molecule has 0 aromatic heterocycles. The van der Waals surface area contributed by atoms with Gasteiger partial charge in [-0.3, -0.25) is 4.90 Å². The number of piperidine rings is 1. The Morgan fingerprint density at radius 2 is 1.96 bits per heavy atom. The van der Waals surface area contributed by atoms with Crippen LogP contribution in [0.2, 0.25) is 0 Å². The number of nitrogens with zero attached hydrogens (tertiary/aromatic N) is 1. The number of benzene rings is 1. The Balaban J connectivity index is 1.73. The van der Waals surface area contributed by atoms with Crippen molar-refractivity contribution >= 4 is 12.1 Å². The summed E-state index contributed by atoms with van der Waals surface area (Å²) in [5.41, 5.74) is 0.147. The zero-order chi connectivity index (χ0) is 20.4. The van der Waals surface area contributed by atoms with Gasteiger partial charge in [-0.1, -0.05) is 48.6 Å². The summed E-state index contributed by atoms with van der Waals surface area (Å²) in [6.45, 7) is 9.41. The van der Waals surface area contributed by atoms with Crippen molar-refractivity contribution in [1.82, 2.24) is 4.90 Å². The number of hydrogen-bond acceptors (Lipinski definition) is 4. The Labute approximate surface area is 167 Å². The molecule has 5 nitrogen and oxygen atoms in total. The van der Waals surface area contributed by atoms with Crippen molar-refractivity contribution in [1.29, 1.82) is 0 Å². The van der Waals surface area contributed by atoms with E-state index in [0.29, 0.717) is 6.42 Å². The highest BCUT2D eigenvalue weighted by Gasteiger charge is 2.67. The second-order valence-electron chi connectivity index (χ2n) is 8.58. The van der Waals surface area contributed by atoms with Crippen LogP contribution < -0.4 is 0 Å². The van der Waals surface area contributed by atoms with Crippen molar-refractivity contribution in [3.8, 4) is 0 Å². The number of rotatable bonds is 6. The second kappa shape index (κ2) is 7.82. The maximum Gasteiger partial charge on any atom is 0.411 e. The van der Waals surface area contributed by atoms with E-state index < -0.39 is 17.7 Å². The molecule has 2 fully saturated rings. The van der Waals surface area contributed by atoms with E-state index in [1.54, 1.807) is 4.90 Å². The van der Waals surface area contributed by atoms with E-state index in [4.69, 9.17) is 9.47 Å². The number of amides is 1. The van der Waals surface area contributed by atoms with E-state index >= 15 is 0 Å². The van der Waals surface area contributed by atoms with Crippen LogP contribution in [0.4, 0.5) is 4.79 Å². The van der Waals surface area contributed by atoms with E-state index in [0.717, 1.165) is 18.4 Å². The van der Waals surface area contributed by atoms with Gasteiger partial charge in [-0.2, -0.15) is 0 Å². The van der Waals surface area contributed by atoms with E-state index in [-0.39, 0.29) is 24.0 Å². The van der Waals surface area contributed by atoms with E-state index in [9.17, 15) is 9.59 Å². The third kappa shape index (κ3) is 4.46. The lowest BCUT2D eigenvalue weighted by atomic mass is 9.98. The summed E-state index contributed by atoms with van der Waals surface area (Å²) >= 11 is 0. The number of ether oxygens (including phenoxy) is 2. The first-order valence-electron chi connectivity index (χ1n) is 9.76. The molecule has 0 N–H and O–H groups in total. The number of allylic oxidation sites excluding steroid dienone is 2. The molecule has 1 heterocycles. The quantitative estimate of drug-likeness (QED) is 0.531. The summed E-state index contributed by atoms with van der Waals surface area (Å²) in [4.78, 5) is 27.2. The maximum atomic E-state index is 12.8. The van der Waals surface area contributed by atoms with Crippen LogP contribution in [-0.2, 0) is 20.9 Å². The molecule has 0 unspecified atom stereocenters. The van der Waals surface area contributed by atoms with Gasteiger partial charge in [-0.25, -0.2) is 9.59 Å². The van der Waals surface area contributed by atoms with Crippen LogP contribution in [-0.4, -0.2) is 34.6 Å². The monoisotopic (exact) mass is 383 g/mol. The minimum atomic E-state index is -0.620. The molecule has 5 heteroatoms. The van der Waals surface area contributed by atoms with E-state index in [1.165, 1.54) is 0 Å². The minimum absolute atomic E-state index is 0.0160. The lowest BCUT2D eigenvalue weighted by Crippen LogP contribution is -2.46. The largest absolute Gasteiger partial charge is 0.459 e. The van der Waals surface area contributed by atoms with Crippen molar-refractivity contribution < 1.29 is 19.1 Å². The molecule has 0 spiro atoms. The molecule has 150 valence electrons. The fraction of sp³-hybridized carbons (Fsp3) is 0.478. The zero-order valence-corrected chi connectivity index (χ0v) is 16.9. The van der Waals surface area contributed by atoms with Gasteiger partial charge >= 0.3 is 12.1 Å². The maximum absolute atomic E-state index is 12.8. The normalized spacial score (nSPS) is 26.0. The van der Waals surface area contributed by atoms with Crippen LogP contribution in [0.1, 0.15) is 45.6 Å². The van der Waals surface area contributed by atoms with Gasteiger partial charge in [0, 0.05) is 11.5 Å². The summed E-state index contributed by atoms with van der Waals surface area (Å²) in [6.07, 6.45) is 7.75. The van der Waals surface area contributed by atoms with Crippen LogP contribution in [0.3, 0.4) is 0 Å². The van der Waals surface area contributed by atoms with Gasteiger partial charge in [-0.05, 0) is 45.6 Å². The minimum Gasteiger partial charge on any atom is -0.459 e. The molecule has 1 aromatic carbocycles. The number of hydrogen-bond donors (Lipinski definition) is 0. The fourth-order valence-corrected chi connectivity index (χ4v) is 3.81. The van der Waals surface area contributed by atoms with Crippen LogP contribution >= 0.6 is 0 Å². The predicted octanol–water partition coefficient (Wildman–Crippen LogP) is 4.63. The summed E-state index contributed by atoms with van der Waals surface area (Å²) in [5, 5.41) is 0. The number of carbonyl (C=O) groups excluding carboxylic acids is 2. The first-order valence-corrected chi connectivity index (χ1v) is 9.76. The summed E-state index contributed by atoms with van der Waals surface area (Å²) in [6, 6.07) is 8.90. The van der Waals surface area contributed by atoms with Crippen molar-refractivity contribution in [3.63, 3.8) is 0 Å². The molecule has 3 rings (SSSR count). The molecule has 1 aromatic rings. The van der Waals surface area contributed by atoms with Crippen LogP contribution in [0.25, 0.3) is 0 Å². The van der Waals surface area contributed by atoms with Crippen LogP contribution in [0.5, 0.6) is 0 Å². The number of likely N-dealkylation sites (tertiary alicyclic amines) is 1. The van der Waals surface area contributed by atoms with Crippen LogP contribution in [0, 0.1) is 5.41 Å². The Bertz CT molecular complexity index is 765. The lowest BCUT2D eigenvalue weighted by Gasteiger charge is -2.29. The summed E-state index contributed by atoms with van der Waals surface area (Å²) < 4.78 is 11.1. The van der Waals surface area contributed by atoms with Crippen molar-refractivity contribution in [2.24, 2.45) is 5.41 Å². The SMILES string of the molecule is C=CCC=C[C@@]12C[C@@H](C(=O)OCc3ccccc3)N(C(=O)OC(C)(C)C)[C@@H]1C2. The molecule has 2 aliphatic rings. The molecule has 3 atom stereocenters. The molecule has 1 saturated heterocycles. The molecule has 0 radical (unpaired) electrons. The average molecular weight is 383 g/mol. The van der Waals surface area contributed by atoms with E-state index in [2.05, 4.69) is 18.7 Å². The van der Waals surface area contributed by atoms with Crippen LogP contribution in [0.15, 0.2) is 55.1 Å². The van der Waals surface area contributed by atoms with Crippen molar-refractivity contribution in [3.05, 3.63) is 60.7 Å².